The summed E-state index contributed by atoms with van der Waals surface area (Å²) in [6, 6.07) is 18.1. The molecule has 2 aromatic carbocycles. The monoisotopic (exact) mass is 1390 g/mol. The Bertz CT molecular complexity index is 3380. The molecule has 6 fully saturated rings. The fourth-order valence-electron chi connectivity index (χ4n) is 12.6. The fraction of sp³-hybridized carbons (Fsp3) is 0.619. The van der Waals surface area contributed by atoms with Gasteiger partial charge in [-0.1, -0.05) is 107 Å². The van der Waals surface area contributed by atoms with Gasteiger partial charge >= 0.3 is 0 Å². The Morgan fingerprint density at radius 1 is 0.607 bits per heavy atom. The van der Waals surface area contributed by atoms with Gasteiger partial charge in [-0.25, -0.2) is 25.3 Å². The average Bonchev–Trinajstić information content (AvgIpc) is 2.32. The number of amidine groups is 3. The van der Waals surface area contributed by atoms with Gasteiger partial charge in [0.25, 0.3) is 17.7 Å². The fourth-order valence-corrected chi connectivity index (χ4v) is 16.4. The van der Waals surface area contributed by atoms with Crippen molar-refractivity contribution in [3.8, 4) is 12.1 Å². The summed E-state index contributed by atoms with van der Waals surface area (Å²) in [6.07, 6.45) is 18.7. The molecule has 6 aliphatic heterocycles. The van der Waals surface area contributed by atoms with Crippen LogP contribution in [0, 0.1) is 58.2 Å². The van der Waals surface area contributed by atoms with Crippen LogP contribution in [0.5, 0.6) is 0 Å². The molecule has 0 unspecified atom stereocenters. The summed E-state index contributed by atoms with van der Waals surface area (Å²) in [5.41, 5.74) is -0.190. The molecule has 26 heteroatoms. The number of carbonyl (C=O) groups is 3. The zero-order valence-corrected chi connectivity index (χ0v) is 56.1. The van der Waals surface area contributed by atoms with Crippen LogP contribution in [0.4, 0.5) is 0 Å². The van der Waals surface area contributed by atoms with E-state index in [2.05, 4.69) is 64.5 Å². The van der Waals surface area contributed by atoms with Crippen LogP contribution in [0.2, 0.25) is 0 Å². The predicted octanol–water partition coefficient (Wildman–Crippen LogP) is 9.91. The minimum Gasteiger partial charge on any atom is -0.317 e. The van der Waals surface area contributed by atoms with Gasteiger partial charge in [0.05, 0.1) is 29.0 Å². The highest BCUT2D eigenvalue weighted by atomic mass is 79.9. The summed E-state index contributed by atoms with van der Waals surface area (Å²) >= 11 is 8.27. The molecule has 0 radical (unpaired) electrons. The van der Waals surface area contributed by atoms with Crippen molar-refractivity contribution in [2.75, 3.05) is 50.9 Å². The first-order valence-corrected chi connectivity index (χ1v) is 37.5. The van der Waals surface area contributed by atoms with Gasteiger partial charge in [0.2, 0.25) is 29.1 Å². The van der Waals surface area contributed by atoms with E-state index in [-0.39, 0.29) is 49.9 Å². The number of piperidine rings is 3. The Kier molecular flexibility index (Phi) is 26.8. The lowest BCUT2D eigenvalue weighted by Gasteiger charge is -2.34. The second-order valence-electron chi connectivity index (χ2n) is 24.7. The van der Waals surface area contributed by atoms with E-state index >= 15 is 0 Å². The molecule has 488 valence electrons. The van der Waals surface area contributed by atoms with Crippen molar-refractivity contribution in [1.29, 1.82) is 10.5 Å². The second kappa shape index (κ2) is 32.6. The summed E-state index contributed by atoms with van der Waals surface area (Å²) < 4.78 is 72.8. The number of amides is 3. The molecule has 3 spiro atoms. The van der Waals surface area contributed by atoms with E-state index in [0.717, 1.165) is 110 Å². The number of nitrogens with zero attached hydrogens (tertiary/aromatic N) is 7. The van der Waals surface area contributed by atoms with Crippen LogP contribution in [0.25, 0.3) is 6.08 Å². The normalized spacial score (nSPS) is 26.4. The van der Waals surface area contributed by atoms with Crippen LogP contribution in [-0.2, 0) is 43.5 Å². The van der Waals surface area contributed by atoms with Crippen LogP contribution in [0.1, 0.15) is 160 Å². The maximum absolute atomic E-state index is 12.8. The summed E-state index contributed by atoms with van der Waals surface area (Å²) in [5.74, 6) is 6.05. The Morgan fingerprint density at radius 2 is 0.978 bits per heavy atom. The smallest absolute Gasteiger partial charge is 0.253 e. The van der Waals surface area contributed by atoms with Crippen LogP contribution < -0.4 is 21.3 Å². The summed E-state index contributed by atoms with van der Waals surface area (Å²) in [5, 5.41) is 31.9. The SMILES string of the molecule is C.C=CS(=O)(=O)N1CCC2(CC1)N=C(C1CCC(C)CC1)NC2=O.CC1CCC(C2=NC3(CCN(S(=O)(=O)/C=C/c4cccc(C#N)c4)CC3)C(=O)N2)CC1.CC1CCC(C2=NC3(CCNCC3)C(=O)N2)CC1.N#Cc1cccc(Br)c1.O=S(=O)(Cl)CCCl. The average molecular weight is 1390 g/mol. The third-order valence-corrected chi connectivity index (χ3v) is 23.5. The number of hydrogen-bond donors (Lipinski definition) is 4. The van der Waals surface area contributed by atoms with Gasteiger partial charge in [-0.2, -0.15) is 19.1 Å². The standard InChI is InChI=1S/C23H28N4O3S.C16H25N3O3S.C14H23N3O.C7H4BrN.C2H4Cl2O2S.CH4/c1-17-5-7-20(8-6-17)21-25-22(28)23(26-21)10-12-27(13-11-23)31(29,30)14-9-18-3-2-4-19(15-18)16-24;1-3-23(21,22)19-10-8-16(9-11-19)15(20)17-14(18-16)13-6-4-12(2)5-7-13;1-10-2-4-11(5-3-10)12-16-13(18)14(17-12)6-8-15-9-7-14;8-7-3-1-2-6(4-7)5-9;3-1-2-7(4,5)6;/h2-4,9,14-15,17,20H,5-8,10-13H2,1H3,(H,25,26,28);3,12-13H,1,4-11H2,2H3,(H,17,18,20);10-11,15H,2-9H2,1H3,(H,16,17,18);1-4H;1-2H2;1H4/b14-9+;;;;;. The first-order chi connectivity index (χ1) is 41.8. The van der Waals surface area contributed by atoms with Crippen molar-refractivity contribution in [1.82, 2.24) is 29.9 Å². The second-order valence-corrected chi connectivity index (χ2v) is 32.6. The molecule has 3 aliphatic carbocycles. The number of nitriles is 2. The number of rotatable bonds is 10. The molecule has 9 aliphatic rings. The number of hydrogen-bond acceptors (Lipinski definition) is 15. The molecule has 4 N–H and O–H groups in total. The lowest BCUT2D eigenvalue weighted by atomic mass is 9.82. The molecular formula is C63H88BrCl2N11O9S3. The number of benzene rings is 2. The van der Waals surface area contributed by atoms with Crippen LogP contribution >= 0.6 is 38.2 Å². The highest BCUT2D eigenvalue weighted by Gasteiger charge is 2.50. The zero-order valence-electron chi connectivity index (χ0n) is 50.6. The molecule has 6 heterocycles. The molecule has 11 rings (SSSR count). The minimum atomic E-state index is -3.62. The maximum Gasteiger partial charge on any atom is 0.253 e. The quantitative estimate of drug-likeness (QED) is 0.128. The molecule has 20 nitrogen and oxygen atoms in total. The lowest BCUT2D eigenvalue weighted by molar-refractivity contribution is -0.125. The van der Waals surface area contributed by atoms with Crippen molar-refractivity contribution < 1.29 is 39.6 Å². The van der Waals surface area contributed by atoms with Crippen LogP contribution in [0.15, 0.2) is 85.4 Å². The number of halogens is 3. The van der Waals surface area contributed by atoms with Crippen molar-refractivity contribution in [2.45, 2.75) is 160 Å². The third-order valence-electron chi connectivity index (χ3n) is 18.4. The van der Waals surface area contributed by atoms with E-state index in [4.69, 9.17) is 47.8 Å². The van der Waals surface area contributed by atoms with Gasteiger partial charge < -0.3 is 21.3 Å². The van der Waals surface area contributed by atoms with Gasteiger partial charge in [0, 0.05) is 75.8 Å². The molecule has 0 bridgehead atoms. The Balaban J connectivity index is 0.000000192. The molecule has 2 aromatic rings. The highest BCUT2D eigenvalue weighted by Crippen LogP contribution is 2.39. The van der Waals surface area contributed by atoms with Crippen molar-refractivity contribution >= 4 is 109 Å². The van der Waals surface area contributed by atoms with E-state index in [9.17, 15) is 39.6 Å². The maximum atomic E-state index is 12.8. The molecule has 0 aromatic heterocycles. The lowest BCUT2D eigenvalue weighted by Crippen LogP contribution is -2.50. The van der Waals surface area contributed by atoms with Gasteiger partial charge in [0.1, 0.15) is 34.1 Å². The highest BCUT2D eigenvalue weighted by molar-refractivity contribution is 9.10. The third kappa shape index (κ3) is 20.1. The molecular weight excluding hydrogens is 1300 g/mol. The van der Waals surface area contributed by atoms with E-state index in [0.29, 0.717) is 73.2 Å². The largest absolute Gasteiger partial charge is 0.317 e. The van der Waals surface area contributed by atoms with Gasteiger partial charge in [-0.3, -0.25) is 29.4 Å². The number of aliphatic imine (C=N–C) groups is 3. The van der Waals surface area contributed by atoms with Gasteiger partial charge in [-0.15, -0.1) is 11.6 Å². The first kappa shape index (κ1) is 73.2. The van der Waals surface area contributed by atoms with Crippen LogP contribution in [-0.4, -0.2) is 137 Å². The first-order valence-electron chi connectivity index (χ1n) is 30.7. The van der Waals surface area contributed by atoms with E-state index in [1.165, 1.54) is 58.6 Å². The van der Waals surface area contributed by atoms with Crippen molar-refractivity contribution in [2.24, 2.45) is 50.5 Å². The number of carbonyl (C=O) groups excluding carboxylic acids is 3. The number of nitrogens with one attached hydrogen (secondary N) is 4. The number of sulfonamides is 2. The molecule has 89 heavy (non-hydrogen) atoms. The topological polar surface area (TPSA) is 293 Å². The summed E-state index contributed by atoms with van der Waals surface area (Å²) in [7, 11) is -5.64. The van der Waals surface area contributed by atoms with Crippen molar-refractivity contribution in [3.63, 3.8) is 0 Å². The van der Waals surface area contributed by atoms with Gasteiger partial charge in [0.15, 0.2) is 0 Å². The van der Waals surface area contributed by atoms with Crippen molar-refractivity contribution in [3.05, 3.63) is 87.1 Å². The molecule has 3 saturated heterocycles. The summed E-state index contributed by atoms with van der Waals surface area (Å²) in [4.78, 5) is 51.9. The minimum absolute atomic E-state index is 0. The Hall–Kier alpha value is -4.89. The number of alkyl halides is 1. The van der Waals surface area contributed by atoms with Crippen LogP contribution in [0.3, 0.4) is 0 Å². The molecule has 3 saturated carbocycles. The predicted molar refractivity (Wildman–Crippen MR) is 356 cm³/mol. The summed E-state index contributed by atoms with van der Waals surface area (Å²) in [6.45, 7) is 13.2. The Morgan fingerprint density at radius 3 is 1.31 bits per heavy atom. The Labute approximate surface area is 545 Å². The van der Waals surface area contributed by atoms with E-state index in [1.807, 2.05) is 24.3 Å². The molecule has 3 amide bonds. The van der Waals surface area contributed by atoms with E-state index < -0.39 is 45.7 Å². The van der Waals surface area contributed by atoms with E-state index in [1.54, 1.807) is 36.4 Å². The zero-order chi connectivity index (χ0) is 63.9. The molecule has 0 atom stereocenters. The van der Waals surface area contributed by atoms with Gasteiger partial charge in [-0.05, 0) is 150 Å².